The molecule has 0 aliphatic carbocycles. The lowest BCUT2D eigenvalue weighted by Crippen LogP contribution is -2.32. The lowest BCUT2D eigenvalue weighted by molar-refractivity contribution is 0.542. The summed E-state index contributed by atoms with van der Waals surface area (Å²) in [5.41, 5.74) is 5.04. The zero-order valence-electron chi connectivity index (χ0n) is 10.5. The van der Waals surface area contributed by atoms with Gasteiger partial charge in [-0.1, -0.05) is 15.9 Å². The SMILES string of the molecule is N#Cc1c(=O)n(N)c(N)c2c(=N)oc3ccc(Br)cc3c12. The second-order valence-electron chi connectivity index (χ2n) is 4.37. The van der Waals surface area contributed by atoms with Crippen molar-refractivity contribution in [1.29, 1.82) is 10.7 Å². The number of nitriles is 1. The number of hydrogen-bond acceptors (Lipinski definition) is 6. The molecule has 0 saturated heterocycles. The maximum Gasteiger partial charge on any atom is 0.289 e. The summed E-state index contributed by atoms with van der Waals surface area (Å²) in [4.78, 5) is 12.1. The minimum absolute atomic E-state index is 0.121. The highest BCUT2D eigenvalue weighted by molar-refractivity contribution is 9.10. The van der Waals surface area contributed by atoms with Gasteiger partial charge in [-0.25, -0.2) is 4.68 Å². The van der Waals surface area contributed by atoms with E-state index in [9.17, 15) is 10.1 Å². The second-order valence-corrected chi connectivity index (χ2v) is 5.28. The molecule has 0 amide bonds. The number of fused-ring (bicyclic) bond motifs is 3. The van der Waals surface area contributed by atoms with E-state index < -0.39 is 5.56 Å². The summed E-state index contributed by atoms with van der Waals surface area (Å²) in [6.07, 6.45) is 0. The number of nitrogens with zero attached hydrogens (tertiary/aromatic N) is 2. The van der Waals surface area contributed by atoms with E-state index in [1.807, 2.05) is 6.07 Å². The maximum absolute atomic E-state index is 12.1. The van der Waals surface area contributed by atoms with Gasteiger partial charge in [0.25, 0.3) is 5.56 Å². The fourth-order valence-electron chi connectivity index (χ4n) is 2.26. The molecule has 0 aliphatic heterocycles. The van der Waals surface area contributed by atoms with Crippen LogP contribution >= 0.6 is 15.9 Å². The van der Waals surface area contributed by atoms with Gasteiger partial charge in [-0.15, -0.1) is 0 Å². The van der Waals surface area contributed by atoms with Gasteiger partial charge in [-0.2, -0.15) is 5.26 Å². The Kier molecular flexibility index (Phi) is 2.74. The van der Waals surface area contributed by atoms with E-state index in [1.165, 1.54) is 0 Å². The average Bonchev–Trinajstić information content (AvgIpc) is 2.45. The van der Waals surface area contributed by atoms with Gasteiger partial charge >= 0.3 is 0 Å². The molecule has 7 nitrogen and oxygen atoms in total. The molecule has 3 aromatic rings. The van der Waals surface area contributed by atoms with Crippen LogP contribution in [0.4, 0.5) is 5.82 Å². The molecule has 104 valence electrons. The van der Waals surface area contributed by atoms with Gasteiger partial charge in [0.15, 0.2) is 0 Å². The van der Waals surface area contributed by atoms with Crippen LogP contribution in [0.3, 0.4) is 0 Å². The third-order valence-electron chi connectivity index (χ3n) is 3.21. The molecule has 0 atom stereocenters. The molecule has 5 N–H and O–H groups in total. The summed E-state index contributed by atoms with van der Waals surface area (Å²) >= 11 is 3.32. The molecule has 0 unspecified atom stereocenters. The van der Waals surface area contributed by atoms with Gasteiger partial charge < -0.3 is 16.0 Å². The minimum Gasteiger partial charge on any atom is -0.438 e. The highest BCUT2D eigenvalue weighted by Crippen LogP contribution is 2.29. The molecule has 8 heteroatoms. The number of benzene rings is 1. The Morgan fingerprint density at radius 2 is 2.10 bits per heavy atom. The van der Waals surface area contributed by atoms with E-state index in [0.29, 0.717) is 15.6 Å². The van der Waals surface area contributed by atoms with Crippen LogP contribution in [0, 0.1) is 16.7 Å². The number of hydrogen-bond donors (Lipinski definition) is 3. The first-order valence-electron chi connectivity index (χ1n) is 5.76. The van der Waals surface area contributed by atoms with Crippen LogP contribution in [0.1, 0.15) is 5.56 Å². The number of nitrogen functional groups attached to an aromatic ring is 2. The molecule has 3 rings (SSSR count). The van der Waals surface area contributed by atoms with E-state index in [0.717, 1.165) is 4.47 Å². The van der Waals surface area contributed by atoms with E-state index in [-0.39, 0.29) is 27.7 Å². The maximum atomic E-state index is 12.1. The number of rotatable bonds is 0. The Balaban J connectivity index is 2.83. The summed E-state index contributed by atoms with van der Waals surface area (Å²) in [7, 11) is 0. The third-order valence-corrected chi connectivity index (χ3v) is 3.70. The van der Waals surface area contributed by atoms with E-state index in [1.54, 1.807) is 18.2 Å². The molecule has 0 bridgehead atoms. The smallest absolute Gasteiger partial charge is 0.289 e. The summed E-state index contributed by atoms with van der Waals surface area (Å²) in [5.74, 6) is 5.44. The lowest BCUT2D eigenvalue weighted by Gasteiger charge is -2.10. The Bertz CT molecular complexity index is 1070. The lowest BCUT2D eigenvalue weighted by atomic mass is 10.0. The van der Waals surface area contributed by atoms with Crippen LogP contribution in [0.2, 0.25) is 0 Å². The molecule has 1 aromatic carbocycles. The first-order chi connectivity index (χ1) is 9.95. The van der Waals surface area contributed by atoms with Crippen molar-refractivity contribution < 1.29 is 4.42 Å². The normalized spacial score (nSPS) is 10.9. The highest BCUT2D eigenvalue weighted by atomic mass is 79.9. The molecule has 0 saturated carbocycles. The van der Waals surface area contributed by atoms with Crippen molar-refractivity contribution >= 4 is 43.5 Å². The first kappa shape index (κ1) is 13.2. The average molecular weight is 346 g/mol. The number of pyridine rings is 1. The Morgan fingerprint density at radius 1 is 1.38 bits per heavy atom. The van der Waals surface area contributed by atoms with Crippen LogP contribution in [0.25, 0.3) is 21.7 Å². The van der Waals surface area contributed by atoms with E-state index in [2.05, 4.69) is 15.9 Å². The van der Waals surface area contributed by atoms with Crippen LogP contribution in [-0.2, 0) is 0 Å². The number of nitrogens with two attached hydrogens (primary N) is 2. The minimum atomic E-state index is -0.714. The number of aromatic nitrogens is 1. The van der Waals surface area contributed by atoms with Crippen molar-refractivity contribution in [2.45, 2.75) is 0 Å². The molecule has 2 heterocycles. The molecule has 0 fully saturated rings. The quantitative estimate of drug-likeness (QED) is 0.415. The van der Waals surface area contributed by atoms with Crippen molar-refractivity contribution in [2.24, 2.45) is 0 Å². The highest BCUT2D eigenvalue weighted by Gasteiger charge is 2.18. The molecular formula is C13H8BrN5O2. The van der Waals surface area contributed by atoms with Gasteiger partial charge in [0.2, 0.25) is 5.55 Å². The summed E-state index contributed by atoms with van der Waals surface area (Å²) in [6, 6.07) is 6.91. The zero-order valence-corrected chi connectivity index (χ0v) is 12.1. The van der Waals surface area contributed by atoms with Gasteiger partial charge in [-0.3, -0.25) is 10.2 Å². The van der Waals surface area contributed by atoms with E-state index >= 15 is 0 Å². The van der Waals surface area contributed by atoms with E-state index in [4.69, 9.17) is 21.4 Å². The van der Waals surface area contributed by atoms with Crippen molar-refractivity contribution in [3.8, 4) is 6.07 Å². The van der Waals surface area contributed by atoms with Gasteiger partial charge in [0.05, 0.1) is 5.39 Å². The fourth-order valence-corrected chi connectivity index (χ4v) is 2.62. The van der Waals surface area contributed by atoms with Gasteiger partial charge in [0, 0.05) is 15.2 Å². The van der Waals surface area contributed by atoms with Gasteiger partial charge in [0.1, 0.15) is 23.0 Å². The van der Waals surface area contributed by atoms with Gasteiger partial charge in [-0.05, 0) is 18.2 Å². The van der Waals surface area contributed by atoms with Crippen LogP contribution in [0.15, 0.2) is 31.9 Å². The predicted molar refractivity (Wildman–Crippen MR) is 80.8 cm³/mol. The molecule has 0 spiro atoms. The Hall–Kier alpha value is -2.79. The van der Waals surface area contributed by atoms with Crippen molar-refractivity contribution in [3.05, 3.63) is 44.1 Å². The van der Waals surface area contributed by atoms with Crippen molar-refractivity contribution in [3.63, 3.8) is 0 Å². The van der Waals surface area contributed by atoms with Crippen molar-refractivity contribution in [2.75, 3.05) is 11.6 Å². The van der Waals surface area contributed by atoms with Crippen LogP contribution < -0.4 is 22.7 Å². The summed E-state index contributed by atoms with van der Waals surface area (Å²) in [6.45, 7) is 0. The number of nitrogens with one attached hydrogen (secondary N) is 1. The van der Waals surface area contributed by atoms with Crippen molar-refractivity contribution in [1.82, 2.24) is 4.68 Å². The summed E-state index contributed by atoms with van der Waals surface area (Å²) in [5, 5.41) is 18.1. The monoisotopic (exact) mass is 345 g/mol. The summed E-state index contributed by atoms with van der Waals surface area (Å²) < 4.78 is 6.78. The Labute approximate surface area is 125 Å². The zero-order chi connectivity index (χ0) is 15.3. The second kappa shape index (κ2) is 4.36. The topological polar surface area (TPSA) is 135 Å². The number of halogens is 1. The van der Waals surface area contributed by atoms with Crippen LogP contribution in [-0.4, -0.2) is 4.68 Å². The number of anilines is 1. The first-order valence-corrected chi connectivity index (χ1v) is 6.55. The molecule has 0 aliphatic rings. The molecule has 0 radical (unpaired) electrons. The third kappa shape index (κ3) is 1.71. The predicted octanol–water partition coefficient (Wildman–Crippen LogP) is 1.16. The largest absolute Gasteiger partial charge is 0.438 e. The molecule has 21 heavy (non-hydrogen) atoms. The molecule has 2 aromatic heterocycles. The van der Waals surface area contributed by atoms with Crippen LogP contribution in [0.5, 0.6) is 0 Å². The fraction of sp³-hybridized carbons (Fsp3) is 0. The standard InChI is InChI=1S/C13H8BrN5O2/c14-5-1-2-8-6(3-5)9-7(4-15)13(20)19(18)11(16)10(9)12(17)21-8/h1-3,17H,16,18H2. The Morgan fingerprint density at radius 3 is 2.76 bits per heavy atom. The molecular weight excluding hydrogens is 338 g/mol.